The van der Waals surface area contributed by atoms with Crippen LogP contribution in [-0.2, 0) is 13.6 Å². The normalized spacial score (nSPS) is 12.7. The van der Waals surface area contributed by atoms with Crippen molar-refractivity contribution in [3.8, 4) is 17.2 Å². The molecule has 0 spiro atoms. The standard InChI is InChI=1S/C21H16N5/c1-24-17-12-22-11-9-16(17)19-21(24)26(15-7-3-2-4-8-15)20-18-14(13-25(19)20)6-5-10-23-18/h2-12H,13H2,1H3/q+1. The molecule has 0 saturated carbocycles. The number of nitrogens with zero attached hydrogens (tertiary/aromatic N) is 5. The zero-order valence-electron chi connectivity index (χ0n) is 14.3. The Labute approximate surface area is 149 Å². The summed E-state index contributed by atoms with van der Waals surface area (Å²) in [7, 11) is 2.11. The predicted molar refractivity (Wildman–Crippen MR) is 100 cm³/mol. The SMILES string of the molecule is Cn1c2cnccc2c2c1n(-c1ccccc1)c1[n+]2Cc2cccnc2-1. The molecular weight excluding hydrogens is 322 g/mol. The number of rotatable bonds is 1. The first-order valence-corrected chi connectivity index (χ1v) is 8.71. The Kier molecular flexibility index (Phi) is 2.54. The van der Waals surface area contributed by atoms with Gasteiger partial charge in [0.05, 0.1) is 17.1 Å². The molecule has 1 aliphatic heterocycles. The third kappa shape index (κ3) is 1.57. The van der Waals surface area contributed by atoms with Crippen LogP contribution in [0.2, 0.25) is 0 Å². The van der Waals surface area contributed by atoms with Crippen LogP contribution in [0, 0.1) is 0 Å². The van der Waals surface area contributed by atoms with Crippen LogP contribution in [0.5, 0.6) is 0 Å². The van der Waals surface area contributed by atoms with Gasteiger partial charge in [-0.1, -0.05) is 24.3 Å². The van der Waals surface area contributed by atoms with Gasteiger partial charge in [0, 0.05) is 25.0 Å². The molecule has 0 bridgehead atoms. The van der Waals surface area contributed by atoms with Crippen molar-refractivity contribution in [3.63, 3.8) is 0 Å². The summed E-state index contributed by atoms with van der Waals surface area (Å²) in [6.07, 6.45) is 5.69. The van der Waals surface area contributed by atoms with Gasteiger partial charge in [-0.15, -0.1) is 0 Å². The molecule has 1 aromatic carbocycles. The highest BCUT2D eigenvalue weighted by Crippen LogP contribution is 2.36. The maximum absolute atomic E-state index is 4.71. The maximum Gasteiger partial charge on any atom is 0.315 e. The first kappa shape index (κ1) is 13.8. The smallest absolute Gasteiger partial charge is 0.306 e. The van der Waals surface area contributed by atoms with E-state index in [0.717, 1.165) is 29.3 Å². The fraction of sp³-hybridized carbons (Fsp3) is 0.0952. The molecule has 0 fully saturated rings. The molecule has 1 aliphatic rings. The lowest BCUT2D eigenvalue weighted by Gasteiger charge is -2.03. The van der Waals surface area contributed by atoms with Crippen molar-refractivity contribution in [2.24, 2.45) is 7.05 Å². The molecular formula is C21H16N5+. The summed E-state index contributed by atoms with van der Waals surface area (Å²) >= 11 is 0. The van der Waals surface area contributed by atoms with Crippen molar-refractivity contribution in [3.05, 3.63) is 72.7 Å². The number of para-hydroxylation sites is 1. The van der Waals surface area contributed by atoms with Crippen molar-refractivity contribution < 1.29 is 4.57 Å². The van der Waals surface area contributed by atoms with Gasteiger partial charge in [-0.3, -0.25) is 4.98 Å². The van der Waals surface area contributed by atoms with Gasteiger partial charge in [-0.25, -0.2) is 9.55 Å². The summed E-state index contributed by atoms with van der Waals surface area (Å²) < 4.78 is 6.95. The maximum atomic E-state index is 4.71. The molecule has 6 rings (SSSR count). The molecule has 0 amide bonds. The van der Waals surface area contributed by atoms with Crippen LogP contribution >= 0.6 is 0 Å². The average Bonchev–Trinajstić information content (AvgIpc) is 3.31. The minimum atomic E-state index is 0.844. The van der Waals surface area contributed by atoms with E-state index in [1.807, 2.05) is 24.7 Å². The number of fused-ring (bicyclic) bond motifs is 7. The fourth-order valence-corrected chi connectivity index (χ4v) is 4.24. The van der Waals surface area contributed by atoms with Gasteiger partial charge in [0.1, 0.15) is 12.2 Å². The molecule has 0 unspecified atom stereocenters. The molecule has 0 radical (unpaired) electrons. The van der Waals surface area contributed by atoms with Crippen molar-refractivity contribution in [2.75, 3.05) is 0 Å². The number of pyridine rings is 2. The summed E-state index contributed by atoms with van der Waals surface area (Å²) in [5, 5.41) is 1.22. The quantitative estimate of drug-likeness (QED) is 0.432. The van der Waals surface area contributed by atoms with E-state index >= 15 is 0 Å². The Morgan fingerprint density at radius 3 is 2.77 bits per heavy atom. The minimum absolute atomic E-state index is 0.844. The van der Waals surface area contributed by atoms with Crippen LogP contribution in [0.1, 0.15) is 5.56 Å². The Morgan fingerprint density at radius 1 is 1.00 bits per heavy atom. The van der Waals surface area contributed by atoms with E-state index in [9.17, 15) is 0 Å². The highest BCUT2D eigenvalue weighted by Gasteiger charge is 2.38. The van der Waals surface area contributed by atoms with Gasteiger partial charge in [-0.2, -0.15) is 4.57 Å². The number of aryl methyl sites for hydroxylation is 1. The second kappa shape index (κ2) is 4.79. The number of imidazole rings is 1. The summed E-state index contributed by atoms with van der Waals surface area (Å²) in [6, 6.07) is 16.8. The van der Waals surface area contributed by atoms with E-state index in [-0.39, 0.29) is 0 Å². The number of aromatic nitrogens is 5. The van der Waals surface area contributed by atoms with Gasteiger partial charge in [-0.05, 0) is 24.3 Å². The molecule has 0 saturated heterocycles. The van der Waals surface area contributed by atoms with Crippen molar-refractivity contribution in [2.45, 2.75) is 6.54 Å². The predicted octanol–water partition coefficient (Wildman–Crippen LogP) is 3.23. The highest BCUT2D eigenvalue weighted by molar-refractivity contribution is 6.04. The van der Waals surface area contributed by atoms with Gasteiger partial charge < -0.3 is 4.57 Å². The van der Waals surface area contributed by atoms with Crippen LogP contribution in [0.25, 0.3) is 39.3 Å². The van der Waals surface area contributed by atoms with Gasteiger partial charge in [0.15, 0.2) is 5.69 Å². The third-order valence-corrected chi connectivity index (χ3v) is 5.34. The molecule has 5 aromatic rings. The first-order chi connectivity index (χ1) is 12.8. The molecule has 124 valence electrons. The van der Waals surface area contributed by atoms with Crippen molar-refractivity contribution in [1.29, 1.82) is 0 Å². The topological polar surface area (TPSA) is 39.5 Å². The largest absolute Gasteiger partial charge is 0.315 e. The molecule has 5 nitrogen and oxygen atoms in total. The third-order valence-electron chi connectivity index (χ3n) is 5.34. The lowest BCUT2D eigenvalue weighted by Crippen LogP contribution is -2.31. The zero-order chi connectivity index (χ0) is 17.3. The van der Waals surface area contributed by atoms with Gasteiger partial charge in [0.25, 0.3) is 5.65 Å². The Hall–Kier alpha value is -3.47. The van der Waals surface area contributed by atoms with Crippen LogP contribution in [0.3, 0.4) is 0 Å². The lowest BCUT2D eigenvalue weighted by molar-refractivity contribution is -0.645. The van der Waals surface area contributed by atoms with E-state index in [2.05, 4.69) is 68.2 Å². The number of hydrogen-bond acceptors (Lipinski definition) is 2. The van der Waals surface area contributed by atoms with Crippen LogP contribution in [0.15, 0.2) is 67.1 Å². The van der Waals surface area contributed by atoms with E-state index in [0.29, 0.717) is 0 Å². The minimum Gasteiger partial charge on any atom is -0.306 e. The monoisotopic (exact) mass is 338 g/mol. The number of hydrogen-bond donors (Lipinski definition) is 0. The van der Waals surface area contributed by atoms with Crippen molar-refractivity contribution in [1.82, 2.24) is 19.1 Å². The lowest BCUT2D eigenvalue weighted by atomic mass is 10.2. The molecule has 0 aliphatic carbocycles. The molecule has 26 heavy (non-hydrogen) atoms. The molecule has 5 heteroatoms. The van der Waals surface area contributed by atoms with Gasteiger partial charge in [0.2, 0.25) is 5.52 Å². The molecule has 5 heterocycles. The van der Waals surface area contributed by atoms with E-state index < -0.39 is 0 Å². The summed E-state index contributed by atoms with van der Waals surface area (Å²) in [5.74, 6) is 1.14. The van der Waals surface area contributed by atoms with E-state index in [1.54, 1.807) is 0 Å². The van der Waals surface area contributed by atoms with Crippen LogP contribution in [0.4, 0.5) is 0 Å². The van der Waals surface area contributed by atoms with Crippen molar-refractivity contribution >= 4 is 22.1 Å². The fourth-order valence-electron chi connectivity index (χ4n) is 4.24. The Bertz CT molecular complexity index is 1310. The summed E-state index contributed by atoms with van der Waals surface area (Å²) in [4.78, 5) is 9.04. The number of benzene rings is 1. The molecule has 0 N–H and O–H groups in total. The Balaban J connectivity index is 1.87. The second-order valence-corrected chi connectivity index (χ2v) is 6.72. The average molecular weight is 338 g/mol. The molecule has 4 aromatic heterocycles. The zero-order valence-corrected chi connectivity index (χ0v) is 14.3. The van der Waals surface area contributed by atoms with E-state index in [1.165, 1.54) is 22.1 Å². The summed E-state index contributed by atoms with van der Waals surface area (Å²) in [6.45, 7) is 0.844. The Morgan fingerprint density at radius 2 is 1.88 bits per heavy atom. The van der Waals surface area contributed by atoms with E-state index in [4.69, 9.17) is 4.98 Å². The summed E-state index contributed by atoms with van der Waals surface area (Å²) in [5.41, 5.74) is 7.02. The highest BCUT2D eigenvalue weighted by atomic mass is 15.3. The van der Waals surface area contributed by atoms with Gasteiger partial charge >= 0.3 is 5.82 Å². The first-order valence-electron chi connectivity index (χ1n) is 8.71. The molecule has 0 atom stereocenters. The second-order valence-electron chi connectivity index (χ2n) is 6.72. The van der Waals surface area contributed by atoms with Crippen LogP contribution < -0.4 is 4.57 Å². The van der Waals surface area contributed by atoms with Crippen LogP contribution in [-0.4, -0.2) is 19.1 Å².